The molecule has 2 rings (SSSR count). The van der Waals surface area contributed by atoms with Gasteiger partial charge in [0.25, 0.3) is 0 Å². The molecule has 0 aromatic carbocycles. The molecule has 2 heterocycles. The van der Waals surface area contributed by atoms with Crippen molar-refractivity contribution in [2.45, 2.75) is 0 Å². The molecule has 0 radical (unpaired) electrons. The van der Waals surface area contributed by atoms with Crippen molar-refractivity contribution in [3.63, 3.8) is 0 Å². The zero-order valence-corrected chi connectivity index (χ0v) is 7.31. The second kappa shape index (κ2) is 3.02. The van der Waals surface area contributed by atoms with E-state index in [0.717, 1.165) is 0 Å². The average molecular weight is 196 g/mol. The summed E-state index contributed by atoms with van der Waals surface area (Å²) in [6, 6.07) is 3.39. The van der Waals surface area contributed by atoms with Gasteiger partial charge in [0, 0.05) is 18.5 Å². The fraction of sp³-hybridized carbons (Fsp3) is 0. The third-order valence-electron chi connectivity index (χ3n) is 1.52. The largest absolute Gasteiger partial charge is 0.380 e. The van der Waals surface area contributed by atoms with Crippen molar-refractivity contribution in [2.75, 3.05) is 5.73 Å². The second-order valence-corrected chi connectivity index (χ2v) is 2.78. The van der Waals surface area contributed by atoms with Crippen LogP contribution >= 0.6 is 11.6 Å². The lowest BCUT2D eigenvalue weighted by molar-refractivity contribution is 0.865. The van der Waals surface area contributed by atoms with E-state index < -0.39 is 0 Å². The van der Waals surface area contributed by atoms with E-state index in [1.807, 2.05) is 0 Å². The fourth-order valence-corrected chi connectivity index (χ4v) is 1.10. The Bertz CT molecular complexity index is 411. The molecule has 2 aromatic rings. The van der Waals surface area contributed by atoms with Gasteiger partial charge in [-0.1, -0.05) is 11.6 Å². The third-order valence-corrected chi connectivity index (χ3v) is 1.71. The monoisotopic (exact) mass is 195 g/mol. The van der Waals surface area contributed by atoms with E-state index in [-0.39, 0.29) is 0 Å². The predicted molar refractivity (Wildman–Crippen MR) is 48.6 cm³/mol. The smallest absolute Gasteiger partial charge is 0.172 e. The molecule has 13 heavy (non-hydrogen) atoms. The summed E-state index contributed by atoms with van der Waals surface area (Å²) < 4.78 is 1.58. The zero-order chi connectivity index (χ0) is 9.26. The summed E-state index contributed by atoms with van der Waals surface area (Å²) in [7, 11) is 0. The first-order valence-electron chi connectivity index (χ1n) is 3.56. The van der Waals surface area contributed by atoms with E-state index in [2.05, 4.69) is 15.3 Å². The van der Waals surface area contributed by atoms with Crippen LogP contribution in [0, 0.1) is 0 Å². The summed E-state index contributed by atoms with van der Waals surface area (Å²) in [4.78, 5) is 0. The number of rotatable bonds is 1. The molecule has 0 bridgehead atoms. The van der Waals surface area contributed by atoms with E-state index >= 15 is 0 Å². The van der Waals surface area contributed by atoms with E-state index in [0.29, 0.717) is 16.7 Å². The Morgan fingerprint density at radius 3 is 2.92 bits per heavy atom. The number of aromatic nitrogens is 4. The quantitative estimate of drug-likeness (QED) is 0.734. The predicted octanol–water partition coefficient (Wildman–Crippen LogP) is 0.898. The molecule has 0 atom stereocenters. The van der Waals surface area contributed by atoms with Crippen molar-refractivity contribution in [1.82, 2.24) is 20.0 Å². The maximum absolute atomic E-state index is 5.66. The summed E-state index contributed by atoms with van der Waals surface area (Å²) in [6.07, 6.45) is 3.40. The first-order valence-corrected chi connectivity index (χ1v) is 3.94. The Morgan fingerprint density at radius 2 is 2.23 bits per heavy atom. The van der Waals surface area contributed by atoms with Crippen molar-refractivity contribution in [3.8, 4) is 5.69 Å². The molecule has 0 aliphatic rings. The highest BCUT2D eigenvalue weighted by Gasteiger charge is 2.04. The van der Waals surface area contributed by atoms with Crippen LogP contribution in [0.3, 0.4) is 0 Å². The van der Waals surface area contributed by atoms with E-state index in [4.69, 9.17) is 17.3 Å². The van der Waals surface area contributed by atoms with Crippen LogP contribution in [0.2, 0.25) is 5.15 Å². The summed E-state index contributed by atoms with van der Waals surface area (Å²) in [5.74, 6) is 0.299. The lowest BCUT2D eigenvalue weighted by Gasteiger charge is -2.02. The number of nitrogen functional groups attached to an aromatic ring is 1. The minimum Gasteiger partial charge on any atom is -0.380 e. The molecule has 0 unspecified atom stereocenters. The number of nitrogens with two attached hydrogens (primary N) is 1. The molecule has 0 amide bonds. The molecule has 0 saturated carbocycles. The summed E-state index contributed by atoms with van der Waals surface area (Å²) in [6.45, 7) is 0. The SMILES string of the molecule is Nc1nnc(Cl)cc1-n1cccn1. The van der Waals surface area contributed by atoms with E-state index in [9.17, 15) is 0 Å². The Kier molecular flexibility index (Phi) is 1.86. The van der Waals surface area contributed by atoms with Gasteiger partial charge in [-0.25, -0.2) is 4.68 Å². The molecule has 0 aliphatic carbocycles. The van der Waals surface area contributed by atoms with E-state index in [1.165, 1.54) is 0 Å². The molecule has 0 saturated heterocycles. The Morgan fingerprint density at radius 1 is 1.38 bits per heavy atom. The van der Waals surface area contributed by atoms with Gasteiger partial charge in [0.15, 0.2) is 11.0 Å². The average Bonchev–Trinajstić information content (AvgIpc) is 2.61. The van der Waals surface area contributed by atoms with Gasteiger partial charge in [-0.3, -0.25) is 0 Å². The zero-order valence-electron chi connectivity index (χ0n) is 6.55. The fourth-order valence-electron chi connectivity index (χ4n) is 0.963. The van der Waals surface area contributed by atoms with Crippen LogP contribution in [0.1, 0.15) is 0 Å². The topological polar surface area (TPSA) is 69.6 Å². The minimum absolute atomic E-state index is 0.291. The Balaban J connectivity index is 2.57. The maximum Gasteiger partial charge on any atom is 0.172 e. The summed E-state index contributed by atoms with van der Waals surface area (Å²) in [5.41, 5.74) is 6.22. The molecule has 2 aromatic heterocycles. The first-order chi connectivity index (χ1) is 6.27. The molecular weight excluding hydrogens is 190 g/mol. The number of halogens is 1. The first kappa shape index (κ1) is 8.00. The normalized spacial score (nSPS) is 10.2. The van der Waals surface area contributed by atoms with Crippen molar-refractivity contribution in [2.24, 2.45) is 0 Å². The van der Waals surface area contributed by atoms with Gasteiger partial charge in [0.2, 0.25) is 0 Å². The molecule has 0 fully saturated rings. The van der Waals surface area contributed by atoms with Crippen LogP contribution in [0.15, 0.2) is 24.5 Å². The van der Waals surface area contributed by atoms with Gasteiger partial charge in [-0.05, 0) is 6.07 Å². The van der Waals surface area contributed by atoms with Crippen LogP contribution < -0.4 is 5.73 Å². The Labute approximate surface area is 79.1 Å². The second-order valence-electron chi connectivity index (χ2n) is 2.39. The van der Waals surface area contributed by atoms with Crippen LogP contribution in [0.5, 0.6) is 0 Å². The van der Waals surface area contributed by atoms with Crippen molar-refractivity contribution >= 4 is 17.4 Å². The third kappa shape index (κ3) is 1.46. The lowest BCUT2D eigenvalue weighted by Crippen LogP contribution is -2.03. The van der Waals surface area contributed by atoms with Crippen LogP contribution in [-0.4, -0.2) is 20.0 Å². The van der Waals surface area contributed by atoms with Gasteiger partial charge >= 0.3 is 0 Å². The molecule has 0 spiro atoms. The number of anilines is 1. The van der Waals surface area contributed by atoms with Crippen LogP contribution in [0.25, 0.3) is 5.69 Å². The number of hydrogen-bond acceptors (Lipinski definition) is 4. The Hall–Kier alpha value is -1.62. The number of nitrogens with zero attached hydrogens (tertiary/aromatic N) is 4. The van der Waals surface area contributed by atoms with Gasteiger partial charge in [-0.2, -0.15) is 5.10 Å². The maximum atomic E-state index is 5.66. The van der Waals surface area contributed by atoms with Crippen molar-refractivity contribution in [3.05, 3.63) is 29.7 Å². The van der Waals surface area contributed by atoms with E-state index in [1.54, 1.807) is 29.2 Å². The highest BCUT2D eigenvalue weighted by atomic mass is 35.5. The standard InChI is InChI=1S/C7H6ClN5/c8-6-4-5(7(9)12-11-6)13-3-1-2-10-13/h1-4H,(H2,9,12). The summed E-state index contributed by atoms with van der Waals surface area (Å²) in [5, 5.41) is 11.6. The van der Waals surface area contributed by atoms with Gasteiger partial charge in [-0.15, -0.1) is 10.2 Å². The van der Waals surface area contributed by atoms with Crippen molar-refractivity contribution < 1.29 is 0 Å². The summed E-state index contributed by atoms with van der Waals surface area (Å²) >= 11 is 5.66. The molecular formula is C7H6ClN5. The molecule has 66 valence electrons. The minimum atomic E-state index is 0.291. The molecule has 0 aliphatic heterocycles. The van der Waals surface area contributed by atoms with Gasteiger partial charge < -0.3 is 5.73 Å². The lowest BCUT2D eigenvalue weighted by atomic mass is 10.4. The van der Waals surface area contributed by atoms with Gasteiger partial charge in [0.05, 0.1) is 0 Å². The molecule has 5 nitrogen and oxygen atoms in total. The highest BCUT2D eigenvalue weighted by molar-refractivity contribution is 6.29. The van der Waals surface area contributed by atoms with Crippen molar-refractivity contribution in [1.29, 1.82) is 0 Å². The molecule has 2 N–H and O–H groups in total. The molecule has 6 heteroatoms. The number of hydrogen-bond donors (Lipinski definition) is 1. The van der Waals surface area contributed by atoms with Crippen LogP contribution in [0.4, 0.5) is 5.82 Å². The van der Waals surface area contributed by atoms with Crippen LogP contribution in [-0.2, 0) is 0 Å². The van der Waals surface area contributed by atoms with Gasteiger partial charge in [0.1, 0.15) is 5.69 Å². The highest BCUT2D eigenvalue weighted by Crippen LogP contribution is 2.15.